The smallest absolute Gasteiger partial charge is 0.234 e. The molecule has 0 saturated carbocycles. The molecule has 2 aromatic heterocycles. The van der Waals surface area contributed by atoms with E-state index in [1.165, 1.54) is 0 Å². The minimum Gasteiger partial charge on any atom is -0.385 e. The van der Waals surface area contributed by atoms with Crippen molar-refractivity contribution in [2.75, 3.05) is 6.54 Å². The second kappa shape index (κ2) is 4.19. The molecular weight excluding hydrogens is 204 g/mol. The van der Waals surface area contributed by atoms with Gasteiger partial charge in [0.25, 0.3) is 0 Å². The number of nitrogens with zero attached hydrogens (tertiary/aromatic N) is 3. The first kappa shape index (κ1) is 11.0. The lowest BCUT2D eigenvalue weighted by atomic mass is 10.1. The molecule has 2 aromatic rings. The normalized spacial score (nSPS) is 13.6. The molecule has 1 atom stereocenters. The number of hydrogen-bond donors (Lipinski definition) is 2. The van der Waals surface area contributed by atoms with Gasteiger partial charge >= 0.3 is 0 Å². The molecule has 5 nitrogen and oxygen atoms in total. The van der Waals surface area contributed by atoms with Crippen LogP contribution in [0.1, 0.15) is 37.1 Å². The van der Waals surface area contributed by atoms with Crippen LogP contribution in [-0.4, -0.2) is 26.0 Å². The van der Waals surface area contributed by atoms with Crippen molar-refractivity contribution in [1.29, 1.82) is 0 Å². The van der Waals surface area contributed by atoms with Crippen LogP contribution in [0.2, 0.25) is 0 Å². The maximum Gasteiger partial charge on any atom is 0.234 e. The Morgan fingerprint density at radius 2 is 2.19 bits per heavy atom. The minimum absolute atomic E-state index is 0.168. The van der Waals surface area contributed by atoms with Gasteiger partial charge in [-0.2, -0.15) is 0 Å². The summed E-state index contributed by atoms with van der Waals surface area (Å²) < 4.78 is 1.82. The van der Waals surface area contributed by atoms with Crippen molar-refractivity contribution >= 4 is 5.78 Å². The topological polar surface area (TPSA) is 76.4 Å². The van der Waals surface area contributed by atoms with Gasteiger partial charge in [-0.25, -0.2) is 9.97 Å². The molecule has 0 amide bonds. The summed E-state index contributed by atoms with van der Waals surface area (Å²) in [4.78, 5) is 8.45. The lowest BCUT2D eigenvalue weighted by Crippen LogP contribution is -2.11. The number of imidazole rings is 1. The van der Waals surface area contributed by atoms with Crippen LogP contribution in [0.5, 0.6) is 0 Å². The molecular formula is C11H16N4O. The van der Waals surface area contributed by atoms with Gasteiger partial charge in [0.05, 0.1) is 5.69 Å². The van der Waals surface area contributed by atoms with Crippen molar-refractivity contribution in [3.8, 4) is 0 Å². The second-order valence-corrected chi connectivity index (χ2v) is 4.17. The van der Waals surface area contributed by atoms with Crippen LogP contribution in [-0.2, 0) is 0 Å². The van der Waals surface area contributed by atoms with E-state index in [9.17, 15) is 5.11 Å². The standard InChI is InChI=1S/C11H16N4O/c1-7(2)8-4-13-11-14-9(10(16)3-12)6-15(11)5-8/h4-7,10,16H,3,12H2,1-2H3. The molecule has 2 rings (SSSR count). The monoisotopic (exact) mass is 220 g/mol. The van der Waals surface area contributed by atoms with Crippen LogP contribution >= 0.6 is 0 Å². The van der Waals surface area contributed by atoms with Crippen molar-refractivity contribution in [3.05, 3.63) is 29.8 Å². The number of aliphatic hydroxyl groups excluding tert-OH is 1. The van der Waals surface area contributed by atoms with Crippen molar-refractivity contribution in [3.63, 3.8) is 0 Å². The number of rotatable bonds is 3. The van der Waals surface area contributed by atoms with Gasteiger partial charge in [-0.1, -0.05) is 13.8 Å². The fourth-order valence-corrected chi connectivity index (χ4v) is 1.50. The third kappa shape index (κ3) is 1.91. The van der Waals surface area contributed by atoms with Gasteiger partial charge in [0.15, 0.2) is 0 Å². The van der Waals surface area contributed by atoms with E-state index in [1.807, 2.05) is 16.8 Å². The summed E-state index contributed by atoms with van der Waals surface area (Å²) in [6, 6.07) is 0. The third-order valence-corrected chi connectivity index (χ3v) is 2.58. The van der Waals surface area contributed by atoms with E-state index in [4.69, 9.17) is 5.73 Å². The summed E-state index contributed by atoms with van der Waals surface area (Å²) in [6.45, 7) is 4.38. The second-order valence-electron chi connectivity index (χ2n) is 4.17. The van der Waals surface area contributed by atoms with Crippen molar-refractivity contribution in [2.45, 2.75) is 25.9 Å². The lowest BCUT2D eigenvalue weighted by molar-refractivity contribution is 0.182. The highest BCUT2D eigenvalue weighted by Gasteiger charge is 2.11. The molecule has 0 bridgehead atoms. The Morgan fingerprint density at radius 3 is 2.81 bits per heavy atom. The van der Waals surface area contributed by atoms with Crippen LogP contribution < -0.4 is 5.73 Å². The van der Waals surface area contributed by atoms with Crippen LogP contribution in [0.15, 0.2) is 18.6 Å². The van der Waals surface area contributed by atoms with Crippen LogP contribution in [0, 0.1) is 0 Å². The van der Waals surface area contributed by atoms with Gasteiger partial charge in [-0.3, -0.25) is 4.40 Å². The first-order valence-corrected chi connectivity index (χ1v) is 5.34. The van der Waals surface area contributed by atoms with Crippen LogP contribution in [0.4, 0.5) is 0 Å². The van der Waals surface area contributed by atoms with Gasteiger partial charge in [0, 0.05) is 25.1 Å². The average Bonchev–Trinajstić information content (AvgIpc) is 2.70. The zero-order valence-corrected chi connectivity index (χ0v) is 9.46. The summed E-state index contributed by atoms with van der Waals surface area (Å²) in [6.07, 6.45) is 4.84. The predicted molar refractivity (Wildman–Crippen MR) is 61.1 cm³/mol. The number of hydrogen-bond acceptors (Lipinski definition) is 4. The number of nitrogens with two attached hydrogens (primary N) is 1. The van der Waals surface area contributed by atoms with Gasteiger partial charge in [-0.15, -0.1) is 0 Å². The lowest BCUT2D eigenvalue weighted by Gasteiger charge is -2.03. The molecule has 0 aliphatic rings. The Labute approximate surface area is 93.9 Å². The molecule has 0 aliphatic heterocycles. The van der Waals surface area contributed by atoms with Gasteiger partial charge in [0.2, 0.25) is 5.78 Å². The van der Waals surface area contributed by atoms with E-state index >= 15 is 0 Å². The molecule has 86 valence electrons. The van der Waals surface area contributed by atoms with E-state index < -0.39 is 6.10 Å². The first-order valence-electron chi connectivity index (χ1n) is 5.34. The molecule has 2 heterocycles. The quantitative estimate of drug-likeness (QED) is 0.803. The van der Waals surface area contributed by atoms with Gasteiger partial charge < -0.3 is 10.8 Å². The Kier molecular flexibility index (Phi) is 2.89. The van der Waals surface area contributed by atoms with E-state index in [0.29, 0.717) is 17.4 Å². The number of aliphatic hydroxyl groups is 1. The van der Waals surface area contributed by atoms with Crippen molar-refractivity contribution in [1.82, 2.24) is 14.4 Å². The van der Waals surface area contributed by atoms with Crippen molar-refractivity contribution < 1.29 is 5.11 Å². The summed E-state index contributed by atoms with van der Waals surface area (Å²) in [5.74, 6) is 1.01. The molecule has 0 aromatic carbocycles. The van der Waals surface area contributed by atoms with Gasteiger partial charge in [-0.05, 0) is 11.5 Å². The molecule has 0 spiro atoms. The van der Waals surface area contributed by atoms with Crippen LogP contribution in [0.3, 0.4) is 0 Å². The average molecular weight is 220 g/mol. The molecule has 5 heteroatoms. The van der Waals surface area contributed by atoms with E-state index in [0.717, 1.165) is 5.56 Å². The molecule has 3 N–H and O–H groups in total. The maximum absolute atomic E-state index is 9.58. The number of aromatic nitrogens is 3. The minimum atomic E-state index is -0.718. The highest BCUT2D eigenvalue weighted by atomic mass is 16.3. The third-order valence-electron chi connectivity index (χ3n) is 2.58. The summed E-state index contributed by atoms with van der Waals surface area (Å²) in [5, 5.41) is 9.58. The molecule has 0 radical (unpaired) electrons. The Hall–Kier alpha value is -1.46. The van der Waals surface area contributed by atoms with E-state index in [2.05, 4.69) is 23.8 Å². The fourth-order valence-electron chi connectivity index (χ4n) is 1.50. The molecule has 16 heavy (non-hydrogen) atoms. The fraction of sp³-hybridized carbons (Fsp3) is 0.455. The number of fused-ring (bicyclic) bond motifs is 1. The van der Waals surface area contributed by atoms with Crippen LogP contribution in [0.25, 0.3) is 5.78 Å². The Bertz CT molecular complexity index is 492. The zero-order chi connectivity index (χ0) is 11.7. The predicted octanol–water partition coefficient (Wildman–Crippen LogP) is 0.845. The SMILES string of the molecule is CC(C)c1cnc2nc(C(O)CN)cn2c1. The summed E-state index contributed by atoms with van der Waals surface area (Å²) in [7, 11) is 0. The molecule has 1 unspecified atom stereocenters. The molecule has 0 fully saturated rings. The summed E-state index contributed by atoms with van der Waals surface area (Å²) in [5.41, 5.74) is 7.09. The van der Waals surface area contributed by atoms with E-state index in [-0.39, 0.29) is 6.54 Å². The summed E-state index contributed by atoms with van der Waals surface area (Å²) >= 11 is 0. The highest BCUT2D eigenvalue weighted by molar-refractivity contribution is 5.33. The van der Waals surface area contributed by atoms with Crippen molar-refractivity contribution in [2.24, 2.45) is 5.73 Å². The molecule has 0 saturated heterocycles. The Morgan fingerprint density at radius 1 is 1.44 bits per heavy atom. The zero-order valence-electron chi connectivity index (χ0n) is 9.46. The van der Waals surface area contributed by atoms with E-state index in [1.54, 1.807) is 6.20 Å². The van der Waals surface area contributed by atoms with Gasteiger partial charge in [0.1, 0.15) is 6.10 Å². The Balaban J connectivity index is 2.46. The largest absolute Gasteiger partial charge is 0.385 e. The molecule has 0 aliphatic carbocycles. The maximum atomic E-state index is 9.58. The highest BCUT2D eigenvalue weighted by Crippen LogP contribution is 2.15. The first-order chi connectivity index (χ1) is 7.61.